The molecule has 2 aromatic rings. The van der Waals surface area contributed by atoms with Gasteiger partial charge in [-0.05, 0) is 41.5 Å². The van der Waals surface area contributed by atoms with Gasteiger partial charge in [-0.1, -0.05) is 32.0 Å². The molecule has 1 N–H and O–H groups in total. The summed E-state index contributed by atoms with van der Waals surface area (Å²) in [4.78, 5) is 3.34. The van der Waals surface area contributed by atoms with Crippen molar-refractivity contribution in [2.45, 2.75) is 25.2 Å². The second-order valence-electron chi connectivity index (χ2n) is 5.11. The van der Waals surface area contributed by atoms with Gasteiger partial charge in [0.2, 0.25) is 0 Å². The van der Waals surface area contributed by atoms with Crippen LogP contribution >= 0.6 is 11.3 Å². The van der Waals surface area contributed by atoms with Gasteiger partial charge in [-0.25, -0.2) is 4.83 Å². The zero-order chi connectivity index (χ0) is 15.3. The van der Waals surface area contributed by atoms with Crippen molar-refractivity contribution in [2.75, 3.05) is 0 Å². The quantitative estimate of drug-likeness (QED) is 0.655. The lowest BCUT2D eigenvalue weighted by Gasteiger charge is -2.07. The number of nitrogens with one attached hydrogen (secondary N) is 1. The number of thiophene rings is 1. The van der Waals surface area contributed by atoms with E-state index in [4.69, 9.17) is 0 Å². The van der Waals surface area contributed by atoms with Crippen LogP contribution in [0.4, 0.5) is 0 Å². The maximum Gasteiger partial charge on any atom is 0.276 e. The van der Waals surface area contributed by atoms with Gasteiger partial charge in [0.1, 0.15) is 0 Å². The summed E-state index contributed by atoms with van der Waals surface area (Å²) < 4.78 is 24.1. The summed E-state index contributed by atoms with van der Waals surface area (Å²) in [5.41, 5.74) is 1.13. The molecule has 1 aromatic heterocycles. The highest BCUT2D eigenvalue weighted by Gasteiger charge is 2.12. The van der Waals surface area contributed by atoms with Gasteiger partial charge in [0, 0.05) is 4.88 Å². The van der Waals surface area contributed by atoms with Gasteiger partial charge in [-0.3, -0.25) is 0 Å². The number of benzene rings is 1. The first-order valence-electron chi connectivity index (χ1n) is 6.65. The van der Waals surface area contributed by atoms with E-state index in [1.807, 2.05) is 29.6 Å². The van der Waals surface area contributed by atoms with E-state index in [0.29, 0.717) is 5.92 Å². The van der Waals surface area contributed by atoms with Gasteiger partial charge < -0.3 is 0 Å². The Balaban J connectivity index is 2.05. The van der Waals surface area contributed by atoms with Crippen molar-refractivity contribution in [3.8, 4) is 0 Å². The van der Waals surface area contributed by atoms with Crippen LogP contribution < -0.4 is 4.83 Å². The molecule has 0 atom stereocenters. The van der Waals surface area contributed by atoms with Gasteiger partial charge >= 0.3 is 0 Å². The standard InChI is InChI=1S/C15H18N2O2S2/c1-12(2)10-13-5-7-15(8-6-13)21(18,19)17-16-11-14-4-3-9-20-14/h3-9,11-12,17H,10H2,1-2H3/b16-11+. The molecule has 0 bridgehead atoms. The zero-order valence-corrected chi connectivity index (χ0v) is 13.6. The highest BCUT2D eigenvalue weighted by molar-refractivity contribution is 7.89. The topological polar surface area (TPSA) is 58.5 Å². The van der Waals surface area contributed by atoms with Crippen molar-refractivity contribution >= 4 is 27.6 Å². The number of hydrazone groups is 1. The van der Waals surface area contributed by atoms with E-state index >= 15 is 0 Å². The van der Waals surface area contributed by atoms with Crippen molar-refractivity contribution in [2.24, 2.45) is 11.0 Å². The third-order valence-electron chi connectivity index (χ3n) is 2.79. The Morgan fingerprint density at radius 2 is 1.95 bits per heavy atom. The second kappa shape index (κ2) is 6.87. The molecule has 0 aliphatic heterocycles. The Bertz CT molecular complexity index is 688. The smallest absolute Gasteiger partial charge is 0.200 e. The summed E-state index contributed by atoms with van der Waals surface area (Å²) in [7, 11) is -3.60. The number of sulfonamides is 1. The minimum absolute atomic E-state index is 0.221. The molecule has 0 saturated heterocycles. The fraction of sp³-hybridized carbons (Fsp3) is 0.267. The summed E-state index contributed by atoms with van der Waals surface area (Å²) in [5.74, 6) is 0.543. The molecule has 0 amide bonds. The normalized spacial score (nSPS) is 12.1. The number of rotatable bonds is 6. The van der Waals surface area contributed by atoms with Crippen molar-refractivity contribution < 1.29 is 8.42 Å². The Hall–Kier alpha value is -1.66. The van der Waals surface area contributed by atoms with E-state index in [-0.39, 0.29) is 4.90 Å². The second-order valence-corrected chi connectivity index (χ2v) is 7.75. The van der Waals surface area contributed by atoms with Gasteiger partial charge in [0.15, 0.2) is 0 Å². The van der Waals surface area contributed by atoms with Crippen LogP contribution in [-0.4, -0.2) is 14.6 Å². The summed E-state index contributed by atoms with van der Waals surface area (Å²) in [5, 5.41) is 5.69. The molecule has 0 fully saturated rings. The van der Waals surface area contributed by atoms with Crippen molar-refractivity contribution in [3.63, 3.8) is 0 Å². The van der Waals surface area contributed by atoms with Crippen molar-refractivity contribution in [1.29, 1.82) is 0 Å². The molecule has 112 valence electrons. The summed E-state index contributed by atoms with van der Waals surface area (Å²) in [6.45, 7) is 4.26. The molecule has 0 spiro atoms. The molecule has 21 heavy (non-hydrogen) atoms. The average molecular weight is 322 g/mol. The Morgan fingerprint density at radius 1 is 1.24 bits per heavy atom. The lowest BCUT2D eigenvalue weighted by molar-refractivity contribution is 0.584. The Kier molecular flexibility index (Phi) is 5.14. The van der Waals surface area contributed by atoms with Gasteiger partial charge in [0.25, 0.3) is 10.0 Å². The first kappa shape index (κ1) is 15.7. The molecule has 0 saturated carbocycles. The molecular weight excluding hydrogens is 304 g/mol. The van der Waals surface area contributed by atoms with Crippen LogP contribution in [0.2, 0.25) is 0 Å². The summed E-state index contributed by atoms with van der Waals surface area (Å²) in [6.07, 6.45) is 2.43. The summed E-state index contributed by atoms with van der Waals surface area (Å²) >= 11 is 1.49. The van der Waals surface area contributed by atoms with Crippen LogP contribution in [0.25, 0.3) is 0 Å². The molecule has 0 aliphatic carbocycles. The molecule has 0 radical (unpaired) electrons. The van der Waals surface area contributed by atoms with Crippen LogP contribution in [0.5, 0.6) is 0 Å². The van der Waals surface area contributed by atoms with Crippen LogP contribution in [-0.2, 0) is 16.4 Å². The van der Waals surface area contributed by atoms with E-state index in [9.17, 15) is 8.42 Å². The molecule has 1 aromatic carbocycles. The van der Waals surface area contributed by atoms with Crippen LogP contribution in [0.3, 0.4) is 0 Å². The maximum absolute atomic E-state index is 12.1. The lowest BCUT2D eigenvalue weighted by Crippen LogP contribution is -2.18. The minimum atomic E-state index is -3.60. The average Bonchev–Trinajstić information content (AvgIpc) is 2.91. The molecular formula is C15H18N2O2S2. The van der Waals surface area contributed by atoms with E-state index in [0.717, 1.165) is 16.9 Å². The van der Waals surface area contributed by atoms with Crippen LogP contribution in [0.15, 0.2) is 51.8 Å². The van der Waals surface area contributed by atoms with Crippen molar-refractivity contribution in [3.05, 3.63) is 52.2 Å². The van der Waals surface area contributed by atoms with E-state index in [1.165, 1.54) is 17.6 Å². The third kappa shape index (κ3) is 4.68. The predicted octanol–water partition coefficient (Wildman–Crippen LogP) is 3.26. The molecule has 6 heteroatoms. The molecule has 4 nitrogen and oxygen atoms in total. The van der Waals surface area contributed by atoms with E-state index in [2.05, 4.69) is 23.8 Å². The van der Waals surface area contributed by atoms with E-state index < -0.39 is 10.0 Å². The Labute approximate surface area is 129 Å². The van der Waals surface area contributed by atoms with Crippen LogP contribution in [0.1, 0.15) is 24.3 Å². The minimum Gasteiger partial charge on any atom is -0.200 e. The molecule has 1 heterocycles. The van der Waals surface area contributed by atoms with Crippen molar-refractivity contribution in [1.82, 2.24) is 4.83 Å². The highest BCUT2D eigenvalue weighted by Crippen LogP contribution is 2.13. The molecule has 0 unspecified atom stereocenters. The molecule has 0 aliphatic rings. The third-order valence-corrected chi connectivity index (χ3v) is 4.83. The first-order valence-corrected chi connectivity index (χ1v) is 9.01. The first-order chi connectivity index (χ1) is 9.97. The number of nitrogens with zero attached hydrogens (tertiary/aromatic N) is 1. The van der Waals surface area contributed by atoms with Gasteiger partial charge in [-0.2, -0.15) is 13.5 Å². The summed E-state index contributed by atoms with van der Waals surface area (Å²) in [6, 6.07) is 10.7. The lowest BCUT2D eigenvalue weighted by atomic mass is 10.0. The SMILES string of the molecule is CC(C)Cc1ccc(S(=O)(=O)N/N=C/c2cccs2)cc1. The predicted molar refractivity (Wildman–Crippen MR) is 87.2 cm³/mol. The Morgan fingerprint density at radius 3 is 2.52 bits per heavy atom. The largest absolute Gasteiger partial charge is 0.276 e. The maximum atomic E-state index is 12.1. The number of hydrogen-bond acceptors (Lipinski definition) is 4. The van der Waals surface area contributed by atoms with Gasteiger partial charge in [-0.15, -0.1) is 11.3 Å². The zero-order valence-electron chi connectivity index (χ0n) is 12.0. The fourth-order valence-electron chi connectivity index (χ4n) is 1.85. The highest BCUT2D eigenvalue weighted by atomic mass is 32.2. The van der Waals surface area contributed by atoms with Crippen LogP contribution in [0, 0.1) is 5.92 Å². The number of hydrogen-bond donors (Lipinski definition) is 1. The van der Waals surface area contributed by atoms with Gasteiger partial charge in [0.05, 0.1) is 11.1 Å². The molecule has 2 rings (SSSR count). The van der Waals surface area contributed by atoms with E-state index in [1.54, 1.807) is 12.1 Å². The monoisotopic (exact) mass is 322 g/mol. The fourth-order valence-corrected chi connectivity index (χ4v) is 3.23.